The van der Waals surface area contributed by atoms with Crippen molar-refractivity contribution in [2.75, 3.05) is 42.9 Å². The minimum atomic E-state index is -0.234. The van der Waals surface area contributed by atoms with Crippen LogP contribution in [-0.2, 0) is 0 Å². The van der Waals surface area contributed by atoms with Gasteiger partial charge in [0.25, 0.3) is 0 Å². The predicted molar refractivity (Wildman–Crippen MR) is 117 cm³/mol. The Balaban J connectivity index is 1.34. The molecule has 0 aliphatic carbocycles. The van der Waals surface area contributed by atoms with Gasteiger partial charge in [-0.3, -0.25) is 4.90 Å². The standard InChI is InChI=1S/C22H29ClN4O2/c23-18-15-17(8-9-19(18)26-10-2-1-3-11-26)25-22(28)24-16-20(21-7-6-14-29-21)27-12-4-5-13-27/h6-9,14-15,20H,1-5,10-13,16H2,(H2,24,25,28). The molecule has 0 radical (unpaired) electrons. The molecule has 0 bridgehead atoms. The van der Waals surface area contributed by atoms with E-state index in [0.29, 0.717) is 17.3 Å². The fraction of sp³-hybridized carbons (Fsp3) is 0.500. The van der Waals surface area contributed by atoms with Crippen LogP contribution in [0.4, 0.5) is 16.2 Å². The number of urea groups is 1. The van der Waals surface area contributed by atoms with Gasteiger partial charge in [-0.05, 0) is 75.5 Å². The molecule has 3 heterocycles. The Bertz CT molecular complexity index is 799. The third-order valence-electron chi connectivity index (χ3n) is 5.81. The van der Waals surface area contributed by atoms with Crippen LogP contribution in [0.15, 0.2) is 41.0 Å². The van der Waals surface area contributed by atoms with Crippen molar-refractivity contribution in [1.82, 2.24) is 10.2 Å². The normalized spacial score (nSPS) is 18.6. The summed E-state index contributed by atoms with van der Waals surface area (Å²) in [6, 6.07) is 9.44. The molecule has 1 aromatic heterocycles. The number of rotatable bonds is 6. The lowest BCUT2D eigenvalue weighted by Gasteiger charge is -2.29. The van der Waals surface area contributed by atoms with Gasteiger partial charge in [0.2, 0.25) is 0 Å². The molecule has 2 aliphatic heterocycles. The number of amides is 2. The van der Waals surface area contributed by atoms with Crippen molar-refractivity contribution in [3.8, 4) is 0 Å². The number of benzene rings is 1. The largest absolute Gasteiger partial charge is 0.468 e. The molecule has 2 aromatic rings. The maximum absolute atomic E-state index is 12.5. The van der Waals surface area contributed by atoms with E-state index in [4.69, 9.17) is 16.0 Å². The first kappa shape index (κ1) is 20.1. The maximum Gasteiger partial charge on any atom is 0.319 e. The number of hydrogen-bond donors (Lipinski definition) is 2. The van der Waals surface area contributed by atoms with Gasteiger partial charge in [-0.2, -0.15) is 0 Å². The Labute approximate surface area is 177 Å². The van der Waals surface area contributed by atoms with E-state index in [-0.39, 0.29) is 12.1 Å². The molecule has 2 fully saturated rings. The second-order valence-corrected chi connectivity index (χ2v) is 8.23. The number of piperidine rings is 1. The van der Waals surface area contributed by atoms with Crippen LogP contribution in [0, 0.1) is 0 Å². The minimum Gasteiger partial charge on any atom is -0.468 e. The van der Waals surface area contributed by atoms with Crippen molar-refractivity contribution in [2.24, 2.45) is 0 Å². The molecule has 0 saturated carbocycles. The molecule has 1 atom stereocenters. The zero-order valence-electron chi connectivity index (χ0n) is 16.7. The third kappa shape index (κ3) is 5.06. The van der Waals surface area contributed by atoms with E-state index in [2.05, 4.69) is 20.4 Å². The van der Waals surface area contributed by atoms with Gasteiger partial charge in [-0.25, -0.2) is 4.79 Å². The smallest absolute Gasteiger partial charge is 0.319 e. The number of likely N-dealkylation sites (tertiary alicyclic amines) is 1. The number of carbonyl (C=O) groups is 1. The highest BCUT2D eigenvalue weighted by atomic mass is 35.5. The summed E-state index contributed by atoms with van der Waals surface area (Å²) in [6.07, 6.45) is 7.74. The Kier molecular flexibility index (Phi) is 6.62. The topological polar surface area (TPSA) is 60.8 Å². The molecule has 1 unspecified atom stereocenters. The number of nitrogens with zero attached hydrogens (tertiary/aromatic N) is 2. The maximum atomic E-state index is 12.5. The summed E-state index contributed by atoms with van der Waals surface area (Å²) in [7, 11) is 0. The second-order valence-electron chi connectivity index (χ2n) is 7.82. The summed E-state index contributed by atoms with van der Waals surface area (Å²) in [4.78, 5) is 17.2. The Morgan fingerprint density at radius 1 is 1.07 bits per heavy atom. The molecule has 6 nitrogen and oxygen atoms in total. The number of halogens is 1. The van der Waals surface area contributed by atoms with Crippen molar-refractivity contribution < 1.29 is 9.21 Å². The number of carbonyl (C=O) groups excluding carboxylic acids is 1. The van der Waals surface area contributed by atoms with E-state index in [0.717, 1.165) is 37.6 Å². The second kappa shape index (κ2) is 9.55. The molecule has 7 heteroatoms. The summed E-state index contributed by atoms with van der Waals surface area (Å²) < 4.78 is 5.61. The van der Waals surface area contributed by atoms with Crippen LogP contribution in [0.25, 0.3) is 0 Å². The first-order chi connectivity index (χ1) is 14.2. The zero-order valence-corrected chi connectivity index (χ0v) is 17.5. The van der Waals surface area contributed by atoms with Crippen molar-refractivity contribution in [1.29, 1.82) is 0 Å². The zero-order chi connectivity index (χ0) is 20.1. The van der Waals surface area contributed by atoms with E-state index >= 15 is 0 Å². The predicted octanol–water partition coefficient (Wildman–Crippen LogP) is 4.88. The van der Waals surface area contributed by atoms with Gasteiger partial charge in [0.05, 0.1) is 23.0 Å². The molecule has 2 N–H and O–H groups in total. The Hall–Kier alpha value is -2.18. The quantitative estimate of drug-likeness (QED) is 0.704. The monoisotopic (exact) mass is 416 g/mol. The van der Waals surface area contributed by atoms with E-state index in [1.165, 1.54) is 32.1 Å². The summed E-state index contributed by atoms with van der Waals surface area (Å²) >= 11 is 6.49. The first-order valence-corrected chi connectivity index (χ1v) is 11.0. The van der Waals surface area contributed by atoms with Crippen molar-refractivity contribution in [3.05, 3.63) is 47.4 Å². The van der Waals surface area contributed by atoms with Gasteiger partial charge in [-0.15, -0.1) is 0 Å². The summed E-state index contributed by atoms with van der Waals surface area (Å²) in [5.41, 5.74) is 1.74. The molecular formula is C22H29ClN4O2. The molecular weight excluding hydrogens is 388 g/mol. The average Bonchev–Trinajstić information content (AvgIpc) is 3.44. The molecule has 29 heavy (non-hydrogen) atoms. The number of anilines is 2. The number of furan rings is 1. The summed E-state index contributed by atoms with van der Waals surface area (Å²) in [5.74, 6) is 0.890. The molecule has 1 aromatic carbocycles. The molecule has 2 aliphatic rings. The molecule has 2 amide bonds. The highest BCUT2D eigenvalue weighted by Crippen LogP contribution is 2.31. The molecule has 0 spiro atoms. The van der Waals surface area contributed by atoms with Crippen LogP contribution in [0.2, 0.25) is 5.02 Å². The first-order valence-electron chi connectivity index (χ1n) is 10.6. The van der Waals surface area contributed by atoms with Crippen molar-refractivity contribution in [2.45, 2.75) is 38.1 Å². The van der Waals surface area contributed by atoms with E-state index < -0.39 is 0 Å². The SMILES string of the molecule is O=C(NCC(c1ccco1)N1CCCC1)Nc1ccc(N2CCCCC2)c(Cl)c1. The lowest BCUT2D eigenvalue weighted by Crippen LogP contribution is -2.38. The van der Waals surface area contributed by atoms with Crippen molar-refractivity contribution in [3.63, 3.8) is 0 Å². The van der Waals surface area contributed by atoms with Crippen LogP contribution in [0.5, 0.6) is 0 Å². The third-order valence-corrected chi connectivity index (χ3v) is 6.11. The van der Waals surface area contributed by atoms with Crippen LogP contribution < -0.4 is 15.5 Å². The summed E-state index contributed by atoms with van der Waals surface area (Å²) in [6.45, 7) is 4.64. The van der Waals surface area contributed by atoms with Gasteiger partial charge in [0.15, 0.2) is 0 Å². The Morgan fingerprint density at radius 3 is 2.52 bits per heavy atom. The van der Waals surface area contributed by atoms with Crippen LogP contribution in [0.1, 0.15) is 43.9 Å². The number of hydrogen-bond acceptors (Lipinski definition) is 4. The fourth-order valence-electron chi connectivity index (χ4n) is 4.28. The lowest BCUT2D eigenvalue weighted by atomic mass is 10.1. The van der Waals surface area contributed by atoms with Crippen LogP contribution in [-0.4, -0.2) is 43.7 Å². The van der Waals surface area contributed by atoms with E-state index in [1.54, 1.807) is 6.26 Å². The Morgan fingerprint density at radius 2 is 1.83 bits per heavy atom. The van der Waals surface area contributed by atoms with Gasteiger partial charge in [-0.1, -0.05) is 11.6 Å². The molecule has 2 saturated heterocycles. The number of nitrogens with one attached hydrogen (secondary N) is 2. The summed E-state index contributed by atoms with van der Waals surface area (Å²) in [5, 5.41) is 6.57. The van der Waals surface area contributed by atoms with Gasteiger partial charge in [0, 0.05) is 25.3 Å². The minimum absolute atomic E-state index is 0.0586. The average molecular weight is 417 g/mol. The lowest BCUT2D eigenvalue weighted by molar-refractivity contribution is 0.207. The van der Waals surface area contributed by atoms with Crippen LogP contribution >= 0.6 is 11.6 Å². The van der Waals surface area contributed by atoms with E-state index in [1.807, 2.05) is 30.3 Å². The van der Waals surface area contributed by atoms with E-state index in [9.17, 15) is 4.79 Å². The highest BCUT2D eigenvalue weighted by molar-refractivity contribution is 6.33. The molecule has 4 rings (SSSR count). The fourth-order valence-corrected chi connectivity index (χ4v) is 4.58. The van der Waals surface area contributed by atoms with Gasteiger partial charge >= 0.3 is 6.03 Å². The van der Waals surface area contributed by atoms with Crippen LogP contribution in [0.3, 0.4) is 0 Å². The van der Waals surface area contributed by atoms with Gasteiger partial charge in [0.1, 0.15) is 5.76 Å². The highest BCUT2D eigenvalue weighted by Gasteiger charge is 2.26. The molecule has 156 valence electrons. The van der Waals surface area contributed by atoms with Gasteiger partial charge < -0.3 is 20.0 Å². The van der Waals surface area contributed by atoms with Crippen molar-refractivity contribution >= 4 is 29.0 Å².